The van der Waals surface area contributed by atoms with Gasteiger partial charge in [0.2, 0.25) is 5.91 Å². The first-order chi connectivity index (χ1) is 27.1. The number of carbonyl (C=O) groups is 4. The van der Waals surface area contributed by atoms with Gasteiger partial charge in [0.25, 0.3) is 5.91 Å². The molecule has 8 nitrogen and oxygen atoms in total. The van der Waals surface area contributed by atoms with Crippen molar-refractivity contribution in [3.8, 4) is 5.75 Å². The number of halogens is 3. The summed E-state index contributed by atoms with van der Waals surface area (Å²) < 4.78 is 20.8. The number of benzene rings is 3. The van der Waals surface area contributed by atoms with E-state index in [2.05, 4.69) is 12.2 Å². The first-order valence-electron chi connectivity index (χ1n) is 19.7. The first-order valence-corrected chi connectivity index (χ1v) is 20.5. The number of aryl methyl sites for hydroxylation is 1. The summed E-state index contributed by atoms with van der Waals surface area (Å²) in [5.41, 5.74) is 3.24. The average molecular weight is 829 g/mol. The van der Waals surface area contributed by atoms with Crippen LogP contribution >= 0.6 is 23.2 Å². The van der Waals surface area contributed by atoms with Crippen LogP contribution in [0.5, 0.6) is 5.75 Å². The van der Waals surface area contributed by atoms with Gasteiger partial charge in [0, 0.05) is 53.8 Å². The SMILES string of the molecule is CC.CC=O.CCC(c1cc(F)ccc1C)c1ccc(Cl)cc1N(C)C(=O)CC(CC(C)=N)c1cc(Cl)ccc1OC(CC)(CC)C(=O)NC.CCC/C=C/C=O. The van der Waals surface area contributed by atoms with Gasteiger partial charge in [-0.3, -0.25) is 14.4 Å². The molecule has 0 saturated carbocycles. The van der Waals surface area contributed by atoms with Crippen molar-refractivity contribution in [1.29, 1.82) is 5.41 Å². The monoisotopic (exact) mass is 827 g/mol. The van der Waals surface area contributed by atoms with Crippen LogP contribution in [0.2, 0.25) is 10.0 Å². The van der Waals surface area contributed by atoms with Crippen LogP contribution in [-0.2, 0) is 19.2 Å². The van der Waals surface area contributed by atoms with Gasteiger partial charge in [-0.1, -0.05) is 89.4 Å². The van der Waals surface area contributed by atoms with Crippen molar-refractivity contribution < 1.29 is 28.3 Å². The van der Waals surface area contributed by atoms with Gasteiger partial charge < -0.3 is 25.2 Å². The largest absolute Gasteiger partial charge is 0.477 e. The molecule has 3 aromatic carbocycles. The van der Waals surface area contributed by atoms with Crippen LogP contribution in [0.3, 0.4) is 0 Å². The normalized spacial score (nSPS) is 11.6. The maximum atomic E-state index is 14.3. The third-order valence-corrected chi connectivity index (χ3v) is 9.74. The highest BCUT2D eigenvalue weighted by atomic mass is 35.5. The highest BCUT2D eigenvalue weighted by Gasteiger charge is 2.38. The van der Waals surface area contributed by atoms with Gasteiger partial charge >= 0.3 is 0 Å². The highest BCUT2D eigenvalue weighted by molar-refractivity contribution is 6.31. The molecule has 2 N–H and O–H groups in total. The Morgan fingerprint density at radius 1 is 0.930 bits per heavy atom. The lowest BCUT2D eigenvalue weighted by molar-refractivity contribution is -0.137. The molecule has 3 rings (SSSR count). The Kier molecular flexibility index (Phi) is 26.0. The zero-order valence-electron chi connectivity index (χ0n) is 35.7. The van der Waals surface area contributed by atoms with Crippen molar-refractivity contribution in [2.24, 2.45) is 0 Å². The maximum Gasteiger partial charge on any atom is 0.263 e. The molecule has 0 fully saturated rings. The Morgan fingerprint density at radius 2 is 1.53 bits per heavy atom. The molecule has 2 amide bonds. The number of hydrogen-bond acceptors (Lipinski definition) is 6. The lowest BCUT2D eigenvalue weighted by Crippen LogP contribution is -2.49. The summed E-state index contributed by atoms with van der Waals surface area (Å²) in [6, 6.07) is 15.4. The van der Waals surface area contributed by atoms with Gasteiger partial charge in [-0.25, -0.2) is 4.39 Å². The van der Waals surface area contributed by atoms with E-state index in [1.54, 1.807) is 68.4 Å². The molecule has 11 heteroatoms. The minimum Gasteiger partial charge on any atom is -0.477 e. The predicted octanol–water partition coefficient (Wildman–Crippen LogP) is 12.0. The molecule has 0 aliphatic carbocycles. The fraction of sp³-hybridized carbons (Fsp3) is 0.457. The summed E-state index contributed by atoms with van der Waals surface area (Å²) in [4.78, 5) is 47.0. The van der Waals surface area contributed by atoms with Gasteiger partial charge in [-0.15, -0.1) is 0 Å². The van der Waals surface area contributed by atoms with E-state index in [4.69, 9.17) is 38.1 Å². The van der Waals surface area contributed by atoms with E-state index in [1.165, 1.54) is 19.1 Å². The number of unbranched alkanes of at least 4 members (excludes halogenated alkanes) is 1. The Balaban J connectivity index is 0.00000229. The van der Waals surface area contributed by atoms with Crippen molar-refractivity contribution in [1.82, 2.24) is 5.32 Å². The second kappa shape index (κ2) is 28.1. The van der Waals surface area contributed by atoms with Crippen LogP contribution in [-0.4, -0.2) is 49.8 Å². The fourth-order valence-electron chi connectivity index (χ4n) is 6.29. The Bertz CT molecular complexity index is 1760. The summed E-state index contributed by atoms with van der Waals surface area (Å²) in [5.74, 6) is -0.940. The Hall–Kier alpha value is -4.34. The molecular formula is C46H64Cl2FN3O5. The molecule has 0 aliphatic heterocycles. The zero-order chi connectivity index (χ0) is 43.7. The Labute approximate surface area is 351 Å². The molecule has 57 heavy (non-hydrogen) atoms. The number of carbonyl (C=O) groups excluding carboxylic acids is 4. The second-order valence-electron chi connectivity index (χ2n) is 13.2. The summed E-state index contributed by atoms with van der Waals surface area (Å²) in [5, 5.41) is 12.0. The number of ether oxygens (including phenoxy) is 1. The third kappa shape index (κ3) is 16.6. The van der Waals surface area contributed by atoms with Gasteiger partial charge in [-0.2, -0.15) is 0 Å². The number of hydrogen-bond donors (Lipinski definition) is 2. The molecule has 2 atom stereocenters. The minimum absolute atomic E-state index is 0.0381. The number of nitrogens with one attached hydrogen (secondary N) is 2. The van der Waals surface area contributed by atoms with E-state index in [-0.39, 0.29) is 36.4 Å². The van der Waals surface area contributed by atoms with Crippen molar-refractivity contribution in [2.45, 2.75) is 125 Å². The predicted molar refractivity (Wildman–Crippen MR) is 236 cm³/mol. The molecule has 0 aromatic heterocycles. The molecule has 0 saturated heterocycles. The standard InChI is InChI=1S/C36H44Cl2FN3O3.C6H10O.C2H4O.C2H6/c1-8-28(30-21-27(39)14-11-22(30)4)29-15-12-26(38)20-32(29)42(7)34(43)18-24(17-23(5)40)31-19-25(37)13-16-33(31)45-36(9-2,10-3)35(44)41-6;1-2-3-4-5-6-7;1-2-3;1-2/h11-16,19-21,24,28,40H,8-10,17-18H2,1-7H3,(H,41,44);4-6H,2-3H2,1H3;2H,1H3;1-2H3/b;5-4+;;. The van der Waals surface area contributed by atoms with Crippen molar-refractivity contribution >= 4 is 59.0 Å². The van der Waals surface area contributed by atoms with E-state index in [1.807, 2.05) is 53.7 Å². The van der Waals surface area contributed by atoms with Gasteiger partial charge in [-0.05, 0) is 124 Å². The lowest BCUT2D eigenvalue weighted by atomic mass is 9.85. The van der Waals surface area contributed by atoms with Gasteiger partial charge in [0.1, 0.15) is 24.1 Å². The Morgan fingerprint density at radius 3 is 2.05 bits per heavy atom. The van der Waals surface area contributed by atoms with Gasteiger partial charge in [0.15, 0.2) is 5.60 Å². The number of aldehydes is 2. The van der Waals surface area contributed by atoms with E-state index < -0.39 is 11.5 Å². The van der Waals surface area contributed by atoms with Crippen molar-refractivity contribution in [2.75, 3.05) is 19.0 Å². The molecule has 0 spiro atoms. The second-order valence-corrected chi connectivity index (χ2v) is 14.0. The smallest absolute Gasteiger partial charge is 0.263 e. The molecule has 314 valence electrons. The summed E-state index contributed by atoms with van der Waals surface area (Å²) in [7, 11) is 3.28. The molecule has 0 bridgehead atoms. The van der Waals surface area contributed by atoms with Gasteiger partial charge in [0.05, 0.1) is 0 Å². The molecular weight excluding hydrogens is 764 g/mol. The van der Waals surface area contributed by atoms with E-state index in [9.17, 15) is 18.8 Å². The molecule has 0 heterocycles. The number of rotatable bonds is 17. The summed E-state index contributed by atoms with van der Waals surface area (Å²) in [6.45, 7) is 17.0. The average Bonchev–Trinajstić information content (AvgIpc) is 3.20. The topological polar surface area (TPSA) is 117 Å². The quantitative estimate of drug-likeness (QED) is 0.0798. The van der Waals surface area contributed by atoms with Crippen LogP contribution < -0.4 is 15.0 Å². The number of nitrogens with zero attached hydrogens (tertiary/aromatic N) is 1. The van der Waals surface area contributed by atoms with Crippen LogP contribution in [0, 0.1) is 18.2 Å². The highest BCUT2D eigenvalue weighted by Crippen LogP contribution is 2.40. The molecule has 3 aromatic rings. The summed E-state index contributed by atoms with van der Waals surface area (Å²) >= 11 is 12.9. The van der Waals surface area contributed by atoms with Crippen LogP contribution in [0.15, 0.2) is 66.7 Å². The summed E-state index contributed by atoms with van der Waals surface area (Å²) in [6.07, 6.45) is 8.95. The number of allylic oxidation sites excluding steroid dienone is 2. The minimum atomic E-state index is -1.11. The first kappa shape index (κ1) is 52.7. The molecule has 2 unspecified atom stereocenters. The number of amides is 2. The van der Waals surface area contributed by atoms with E-state index in [0.29, 0.717) is 52.0 Å². The van der Waals surface area contributed by atoms with Crippen LogP contribution in [0.1, 0.15) is 134 Å². The van der Waals surface area contributed by atoms with Crippen LogP contribution in [0.4, 0.5) is 10.1 Å². The van der Waals surface area contributed by atoms with E-state index >= 15 is 0 Å². The van der Waals surface area contributed by atoms with E-state index in [0.717, 1.165) is 42.1 Å². The fourth-order valence-corrected chi connectivity index (χ4v) is 6.64. The number of likely N-dealkylation sites (N-methyl/N-ethyl adjacent to an activating group) is 1. The van der Waals surface area contributed by atoms with Crippen LogP contribution in [0.25, 0.3) is 0 Å². The number of anilines is 1. The molecule has 0 radical (unpaired) electrons. The van der Waals surface area contributed by atoms with Crippen molar-refractivity contribution in [3.63, 3.8) is 0 Å². The maximum absolute atomic E-state index is 14.3. The zero-order valence-corrected chi connectivity index (χ0v) is 37.2. The third-order valence-electron chi connectivity index (χ3n) is 9.27. The van der Waals surface area contributed by atoms with Crippen molar-refractivity contribution in [3.05, 3.63) is 105 Å². The lowest BCUT2D eigenvalue weighted by Gasteiger charge is -2.33. The molecule has 0 aliphatic rings.